The second-order valence-corrected chi connectivity index (χ2v) is 8.05. The number of aryl methyl sites for hydroxylation is 1. The minimum Gasteiger partial charge on any atom is -0.490 e. The SMILES string of the molecule is COc1ccc(C(=O)NC(=S)Nc2cc(-c3nc4cc(C)ccc4o3)ccc2Cl)cc1[N+](=O)[O-]. The highest BCUT2D eigenvalue weighted by atomic mass is 35.5. The number of nitro groups is 1. The first-order valence-corrected chi connectivity index (χ1v) is 10.7. The maximum absolute atomic E-state index is 12.6. The van der Waals surface area contributed by atoms with Gasteiger partial charge in [-0.15, -0.1) is 0 Å². The Labute approximate surface area is 203 Å². The zero-order valence-electron chi connectivity index (χ0n) is 17.9. The number of nitrogens with one attached hydrogen (secondary N) is 2. The van der Waals surface area contributed by atoms with Crippen LogP contribution in [-0.4, -0.2) is 28.0 Å². The minimum absolute atomic E-state index is 0.0401. The van der Waals surface area contributed by atoms with E-state index in [4.69, 9.17) is 33.0 Å². The Balaban J connectivity index is 1.52. The van der Waals surface area contributed by atoms with E-state index in [0.29, 0.717) is 27.7 Å². The van der Waals surface area contributed by atoms with E-state index in [9.17, 15) is 14.9 Å². The van der Waals surface area contributed by atoms with E-state index in [2.05, 4.69) is 15.6 Å². The molecule has 172 valence electrons. The molecule has 0 aliphatic carbocycles. The number of methoxy groups -OCH3 is 1. The number of thiocarbonyl (C=S) groups is 1. The topological polar surface area (TPSA) is 120 Å². The molecule has 3 aromatic carbocycles. The Morgan fingerprint density at radius 1 is 1.18 bits per heavy atom. The van der Waals surface area contributed by atoms with Gasteiger partial charge in [-0.05, 0) is 67.2 Å². The summed E-state index contributed by atoms with van der Waals surface area (Å²) in [6.45, 7) is 1.97. The average Bonchev–Trinajstić information content (AvgIpc) is 3.23. The van der Waals surface area contributed by atoms with Crippen LogP contribution in [0.15, 0.2) is 59.0 Å². The standard InChI is InChI=1S/C23H17ClN4O5S/c1-12-3-7-19-17(9-12)25-22(33-19)14-4-6-15(24)16(10-14)26-23(34)27-21(29)13-5-8-20(32-2)18(11-13)28(30)31/h3-11H,1-2H3,(H2,26,27,29,34). The number of ether oxygens (including phenoxy) is 1. The van der Waals surface area contributed by atoms with Gasteiger partial charge in [-0.3, -0.25) is 20.2 Å². The number of carbonyl (C=O) groups excluding carboxylic acids is 1. The van der Waals surface area contributed by atoms with Gasteiger partial charge in [-0.1, -0.05) is 17.7 Å². The molecule has 34 heavy (non-hydrogen) atoms. The van der Waals surface area contributed by atoms with Crippen LogP contribution in [0.4, 0.5) is 11.4 Å². The first-order valence-electron chi connectivity index (χ1n) is 9.87. The maximum atomic E-state index is 12.6. The van der Waals surface area contributed by atoms with Gasteiger partial charge in [0.2, 0.25) is 5.89 Å². The Kier molecular flexibility index (Phi) is 6.44. The molecule has 0 saturated carbocycles. The number of anilines is 1. The van der Waals surface area contributed by atoms with E-state index in [1.807, 2.05) is 25.1 Å². The van der Waals surface area contributed by atoms with Gasteiger partial charge >= 0.3 is 5.69 Å². The van der Waals surface area contributed by atoms with E-state index in [1.165, 1.54) is 19.2 Å². The van der Waals surface area contributed by atoms with Crippen LogP contribution in [0.2, 0.25) is 5.02 Å². The molecular weight excluding hydrogens is 480 g/mol. The van der Waals surface area contributed by atoms with E-state index in [1.54, 1.807) is 18.2 Å². The third-order valence-corrected chi connectivity index (χ3v) is 5.40. The summed E-state index contributed by atoms with van der Waals surface area (Å²) in [5.74, 6) is -0.189. The number of hydrogen-bond donors (Lipinski definition) is 2. The summed E-state index contributed by atoms with van der Waals surface area (Å²) in [6.07, 6.45) is 0. The second-order valence-electron chi connectivity index (χ2n) is 7.24. The first-order chi connectivity index (χ1) is 16.2. The number of benzene rings is 3. The monoisotopic (exact) mass is 496 g/mol. The molecule has 4 aromatic rings. The molecule has 4 rings (SSSR count). The lowest BCUT2D eigenvalue weighted by Gasteiger charge is -2.12. The van der Waals surface area contributed by atoms with Crippen molar-refractivity contribution < 1.29 is 18.9 Å². The van der Waals surface area contributed by atoms with Gasteiger partial charge in [-0.2, -0.15) is 0 Å². The predicted molar refractivity (Wildman–Crippen MR) is 133 cm³/mol. The molecule has 11 heteroatoms. The van der Waals surface area contributed by atoms with E-state index >= 15 is 0 Å². The van der Waals surface area contributed by atoms with Crippen LogP contribution < -0.4 is 15.4 Å². The molecule has 0 atom stereocenters. The van der Waals surface area contributed by atoms with Crippen LogP contribution in [0.5, 0.6) is 5.75 Å². The molecule has 1 amide bonds. The Bertz CT molecular complexity index is 1450. The summed E-state index contributed by atoms with van der Waals surface area (Å²) >= 11 is 11.5. The lowest BCUT2D eigenvalue weighted by molar-refractivity contribution is -0.385. The fourth-order valence-corrected chi connectivity index (χ4v) is 3.59. The van der Waals surface area contributed by atoms with Crippen molar-refractivity contribution in [3.05, 3.63) is 80.9 Å². The van der Waals surface area contributed by atoms with Gasteiger partial charge in [-0.25, -0.2) is 4.98 Å². The molecule has 0 spiro atoms. The largest absolute Gasteiger partial charge is 0.490 e. The van der Waals surface area contributed by atoms with Crippen molar-refractivity contribution >= 4 is 57.3 Å². The number of fused-ring (bicyclic) bond motifs is 1. The lowest BCUT2D eigenvalue weighted by Crippen LogP contribution is -2.34. The number of amides is 1. The number of hydrogen-bond acceptors (Lipinski definition) is 7. The number of rotatable bonds is 5. The van der Waals surface area contributed by atoms with E-state index in [0.717, 1.165) is 17.1 Å². The zero-order valence-corrected chi connectivity index (χ0v) is 19.5. The molecule has 0 aliphatic heterocycles. The third kappa shape index (κ3) is 4.82. The van der Waals surface area contributed by atoms with Gasteiger partial charge < -0.3 is 14.5 Å². The van der Waals surface area contributed by atoms with Crippen molar-refractivity contribution in [1.82, 2.24) is 10.3 Å². The summed E-state index contributed by atoms with van der Waals surface area (Å²) in [4.78, 5) is 27.6. The number of nitrogens with zero attached hydrogens (tertiary/aromatic N) is 2. The number of halogens is 1. The summed E-state index contributed by atoms with van der Waals surface area (Å²) in [7, 11) is 1.31. The number of oxazole rings is 1. The van der Waals surface area contributed by atoms with Crippen molar-refractivity contribution in [2.75, 3.05) is 12.4 Å². The third-order valence-electron chi connectivity index (χ3n) is 4.87. The van der Waals surface area contributed by atoms with Crippen LogP contribution in [0.1, 0.15) is 15.9 Å². The minimum atomic E-state index is -0.634. The quantitative estimate of drug-likeness (QED) is 0.211. The zero-order chi connectivity index (χ0) is 24.4. The fraction of sp³-hybridized carbons (Fsp3) is 0.0870. The van der Waals surface area contributed by atoms with Crippen molar-refractivity contribution in [3.8, 4) is 17.2 Å². The Morgan fingerprint density at radius 3 is 2.71 bits per heavy atom. The van der Waals surface area contributed by atoms with Crippen molar-refractivity contribution in [3.63, 3.8) is 0 Å². The molecule has 0 unspecified atom stereocenters. The van der Waals surface area contributed by atoms with Gasteiger partial charge in [0, 0.05) is 17.2 Å². The lowest BCUT2D eigenvalue weighted by atomic mass is 10.1. The van der Waals surface area contributed by atoms with Gasteiger partial charge in [0.25, 0.3) is 5.91 Å². The van der Waals surface area contributed by atoms with E-state index in [-0.39, 0.29) is 22.1 Å². The van der Waals surface area contributed by atoms with Crippen molar-refractivity contribution in [2.45, 2.75) is 6.92 Å². The Hall–Kier alpha value is -4.02. The predicted octanol–water partition coefficient (Wildman–Crippen LogP) is 5.50. The summed E-state index contributed by atoms with van der Waals surface area (Å²) in [5.41, 5.74) is 3.23. The molecule has 2 N–H and O–H groups in total. The van der Waals surface area contributed by atoms with Crippen LogP contribution in [0.3, 0.4) is 0 Å². The molecule has 0 bridgehead atoms. The number of carbonyl (C=O) groups is 1. The summed E-state index contributed by atoms with van der Waals surface area (Å²) in [5, 5.41) is 16.9. The molecular formula is C23H17ClN4O5S. The van der Waals surface area contributed by atoms with Gasteiger partial charge in [0.1, 0.15) is 5.52 Å². The molecule has 1 heterocycles. The fourth-order valence-electron chi connectivity index (χ4n) is 3.22. The van der Waals surface area contributed by atoms with Crippen LogP contribution >= 0.6 is 23.8 Å². The van der Waals surface area contributed by atoms with Crippen LogP contribution in [0, 0.1) is 17.0 Å². The van der Waals surface area contributed by atoms with Gasteiger partial charge in [0.05, 0.1) is 22.7 Å². The van der Waals surface area contributed by atoms with Crippen LogP contribution in [-0.2, 0) is 0 Å². The van der Waals surface area contributed by atoms with Crippen LogP contribution in [0.25, 0.3) is 22.6 Å². The average molecular weight is 497 g/mol. The smallest absolute Gasteiger partial charge is 0.311 e. The number of aromatic nitrogens is 1. The molecule has 0 aliphatic rings. The molecule has 9 nitrogen and oxygen atoms in total. The molecule has 1 aromatic heterocycles. The number of nitro benzene ring substituents is 1. The first kappa shape index (κ1) is 23.1. The van der Waals surface area contributed by atoms with Crippen molar-refractivity contribution in [2.24, 2.45) is 0 Å². The highest BCUT2D eigenvalue weighted by molar-refractivity contribution is 7.80. The van der Waals surface area contributed by atoms with Crippen molar-refractivity contribution in [1.29, 1.82) is 0 Å². The van der Waals surface area contributed by atoms with E-state index < -0.39 is 10.8 Å². The molecule has 0 saturated heterocycles. The normalized spacial score (nSPS) is 10.7. The highest BCUT2D eigenvalue weighted by Crippen LogP contribution is 2.31. The maximum Gasteiger partial charge on any atom is 0.311 e. The van der Waals surface area contributed by atoms with Gasteiger partial charge in [0.15, 0.2) is 16.4 Å². The summed E-state index contributed by atoms with van der Waals surface area (Å²) in [6, 6.07) is 14.6. The second kappa shape index (κ2) is 9.46. The molecule has 0 radical (unpaired) electrons. The Morgan fingerprint density at radius 2 is 1.97 bits per heavy atom. The summed E-state index contributed by atoms with van der Waals surface area (Å²) < 4.78 is 10.8. The highest BCUT2D eigenvalue weighted by Gasteiger charge is 2.19. The molecule has 0 fully saturated rings.